The minimum Gasteiger partial charge on any atom is -0.348 e. The molecule has 2 N–H and O–H groups in total. The number of anilines is 1. The van der Waals surface area contributed by atoms with Crippen LogP contribution >= 0.6 is 11.3 Å². The summed E-state index contributed by atoms with van der Waals surface area (Å²) in [6.45, 7) is 3.23. The Balaban J connectivity index is 1.38. The number of likely N-dealkylation sites (tertiary alicyclic amines) is 1. The molecule has 1 aromatic carbocycles. The van der Waals surface area contributed by atoms with Gasteiger partial charge in [0.2, 0.25) is 0 Å². The Morgan fingerprint density at radius 2 is 1.76 bits per heavy atom. The molecule has 3 rings (SSSR count). The van der Waals surface area contributed by atoms with Crippen molar-refractivity contribution in [1.29, 1.82) is 0 Å². The van der Waals surface area contributed by atoms with Gasteiger partial charge in [-0.15, -0.1) is 11.3 Å². The molecule has 0 saturated carbocycles. The van der Waals surface area contributed by atoms with Gasteiger partial charge >= 0.3 is 18.0 Å². The van der Waals surface area contributed by atoms with E-state index >= 15 is 0 Å². The highest BCUT2D eigenvalue weighted by Crippen LogP contribution is 2.29. The summed E-state index contributed by atoms with van der Waals surface area (Å²) in [6, 6.07) is 8.12. The average Bonchev–Trinajstić information content (AvgIpc) is 3.20. The van der Waals surface area contributed by atoms with Crippen molar-refractivity contribution in [1.82, 2.24) is 10.2 Å². The molecule has 1 aliphatic rings. The fraction of sp³-hybridized carbons (Fsp3) is 0.400. The molecule has 0 atom stereocenters. The smallest absolute Gasteiger partial charge is 0.348 e. The van der Waals surface area contributed by atoms with Gasteiger partial charge in [0.15, 0.2) is 0 Å². The minimum atomic E-state index is -4.45. The predicted molar refractivity (Wildman–Crippen MR) is 105 cm³/mol. The summed E-state index contributed by atoms with van der Waals surface area (Å²) in [4.78, 5) is 27.6. The highest BCUT2D eigenvalue weighted by Gasteiger charge is 2.30. The van der Waals surface area contributed by atoms with E-state index in [0.29, 0.717) is 12.5 Å². The van der Waals surface area contributed by atoms with Crippen LogP contribution in [0.1, 0.15) is 23.3 Å². The highest BCUT2D eigenvalue weighted by atomic mass is 32.1. The third-order valence-electron chi connectivity index (χ3n) is 4.89. The van der Waals surface area contributed by atoms with E-state index in [1.165, 1.54) is 4.88 Å². The van der Waals surface area contributed by atoms with Gasteiger partial charge in [0.05, 0.1) is 5.56 Å². The fourth-order valence-electron chi connectivity index (χ4n) is 3.22. The molecule has 1 aromatic heterocycles. The maximum atomic E-state index is 12.6. The fourth-order valence-corrected chi connectivity index (χ4v) is 3.97. The van der Waals surface area contributed by atoms with E-state index in [0.717, 1.165) is 56.7 Å². The molecule has 5 nitrogen and oxygen atoms in total. The zero-order valence-electron chi connectivity index (χ0n) is 15.7. The molecule has 1 saturated heterocycles. The molecule has 156 valence electrons. The quantitative estimate of drug-likeness (QED) is 0.718. The number of benzene rings is 1. The highest BCUT2D eigenvalue weighted by molar-refractivity contribution is 7.09. The molecular weight excluding hydrogens is 403 g/mol. The lowest BCUT2D eigenvalue weighted by atomic mass is 9.97. The number of hydrogen-bond acceptors (Lipinski definition) is 4. The van der Waals surface area contributed by atoms with Gasteiger partial charge in [0.25, 0.3) is 0 Å². The van der Waals surface area contributed by atoms with E-state index in [9.17, 15) is 22.8 Å². The lowest BCUT2D eigenvalue weighted by molar-refractivity contribution is -0.137. The van der Waals surface area contributed by atoms with Crippen LogP contribution in [0, 0.1) is 5.92 Å². The second-order valence-corrected chi connectivity index (χ2v) is 8.07. The van der Waals surface area contributed by atoms with Gasteiger partial charge in [-0.25, -0.2) is 0 Å². The Kier molecular flexibility index (Phi) is 6.92. The summed E-state index contributed by atoms with van der Waals surface area (Å²) in [6.07, 6.45) is -2.57. The number of rotatable bonds is 5. The SMILES string of the molecule is O=C(NCC1CCN(Cc2cccs2)CC1)C(=O)Nc1ccc(C(F)(F)F)cc1. The molecule has 2 aromatic rings. The third-order valence-corrected chi connectivity index (χ3v) is 5.76. The number of piperidine rings is 1. The molecule has 0 bridgehead atoms. The molecule has 0 spiro atoms. The Morgan fingerprint density at radius 1 is 1.07 bits per heavy atom. The largest absolute Gasteiger partial charge is 0.416 e. The van der Waals surface area contributed by atoms with Gasteiger partial charge < -0.3 is 10.6 Å². The van der Waals surface area contributed by atoms with Crippen LogP contribution in [-0.4, -0.2) is 36.3 Å². The standard InChI is InChI=1S/C20H22F3N3O2S/c21-20(22,23)15-3-5-16(6-4-15)25-19(28)18(27)24-12-14-7-9-26(10-8-14)13-17-2-1-11-29-17/h1-6,11,14H,7-10,12-13H2,(H,24,27)(H,25,28). The number of hydrogen-bond donors (Lipinski definition) is 2. The number of amides is 2. The summed E-state index contributed by atoms with van der Waals surface area (Å²) in [7, 11) is 0. The normalized spacial score (nSPS) is 15.8. The van der Waals surface area contributed by atoms with Crippen LogP contribution in [0.25, 0.3) is 0 Å². The molecule has 0 unspecified atom stereocenters. The zero-order chi connectivity index (χ0) is 20.9. The Bertz CT molecular complexity index is 814. The molecular formula is C20H22F3N3O2S. The van der Waals surface area contributed by atoms with Gasteiger partial charge in [0.1, 0.15) is 0 Å². The van der Waals surface area contributed by atoms with E-state index in [4.69, 9.17) is 0 Å². The van der Waals surface area contributed by atoms with Gasteiger partial charge in [-0.3, -0.25) is 14.5 Å². The van der Waals surface area contributed by atoms with Gasteiger partial charge in [-0.05, 0) is 67.6 Å². The number of nitrogens with zero attached hydrogens (tertiary/aromatic N) is 1. The first kappa shape index (κ1) is 21.3. The van der Waals surface area contributed by atoms with E-state index in [-0.39, 0.29) is 5.69 Å². The first-order valence-electron chi connectivity index (χ1n) is 9.32. The van der Waals surface area contributed by atoms with Crippen molar-refractivity contribution in [2.45, 2.75) is 25.6 Å². The van der Waals surface area contributed by atoms with Crippen LogP contribution < -0.4 is 10.6 Å². The summed E-state index contributed by atoms with van der Waals surface area (Å²) in [5.74, 6) is -1.37. The second kappa shape index (κ2) is 9.41. The topological polar surface area (TPSA) is 61.4 Å². The van der Waals surface area contributed by atoms with Gasteiger partial charge in [-0.2, -0.15) is 13.2 Å². The second-order valence-electron chi connectivity index (χ2n) is 7.04. The molecule has 1 fully saturated rings. The van der Waals surface area contributed by atoms with Crippen molar-refractivity contribution in [3.8, 4) is 0 Å². The monoisotopic (exact) mass is 425 g/mol. The van der Waals surface area contributed by atoms with Crippen molar-refractivity contribution in [3.63, 3.8) is 0 Å². The molecule has 2 amide bonds. The summed E-state index contributed by atoms with van der Waals surface area (Å²) in [5, 5.41) is 7.00. The molecule has 2 heterocycles. The molecule has 0 aliphatic carbocycles. The van der Waals surface area contributed by atoms with Crippen molar-refractivity contribution < 1.29 is 22.8 Å². The summed E-state index contributed by atoms with van der Waals surface area (Å²) >= 11 is 1.74. The molecule has 9 heteroatoms. The number of halogens is 3. The summed E-state index contributed by atoms with van der Waals surface area (Å²) < 4.78 is 37.7. The van der Waals surface area contributed by atoms with E-state index in [1.54, 1.807) is 11.3 Å². The number of nitrogens with one attached hydrogen (secondary N) is 2. The lowest BCUT2D eigenvalue weighted by Crippen LogP contribution is -2.41. The molecule has 1 aliphatic heterocycles. The van der Waals surface area contributed by atoms with Crippen molar-refractivity contribution >= 4 is 28.8 Å². The average molecular weight is 425 g/mol. The lowest BCUT2D eigenvalue weighted by Gasteiger charge is -2.31. The van der Waals surface area contributed by atoms with Crippen LogP contribution in [0.2, 0.25) is 0 Å². The maximum absolute atomic E-state index is 12.6. The molecule has 29 heavy (non-hydrogen) atoms. The van der Waals surface area contributed by atoms with E-state index < -0.39 is 23.6 Å². The first-order chi connectivity index (χ1) is 13.8. The van der Waals surface area contributed by atoms with Crippen LogP contribution in [0.4, 0.5) is 18.9 Å². The Morgan fingerprint density at radius 3 is 2.34 bits per heavy atom. The summed E-state index contributed by atoms with van der Waals surface area (Å²) in [5.41, 5.74) is -0.676. The Hall–Kier alpha value is -2.39. The van der Waals surface area contributed by atoms with Gasteiger partial charge in [-0.1, -0.05) is 6.07 Å². The minimum absolute atomic E-state index is 0.139. The van der Waals surface area contributed by atoms with E-state index in [2.05, 4.69) is 27.0 Å². The van der Waals surface area contributed by atoms with Crippen LogP contribution in [-0.2, 0) is 22.3 Å². The Labute approximate surface area is 170 Å². The molecule has 0 radical (unpaired) electrons. The predicted octanol–water partition coefficient (Wildman–Crippen LogP) is 3.73. The maximum Gasteiger partial charge on any atom is 0.416 e. The first-order valence-corrected chi connectivity index (χ1v) is 10.2. The van der Waals surface area contributed by atoms with E-state index in [1.807, 2.05) is 6.07 Å². The van der Waals surface area contributed by atoms with Crippen LogP contribution in [0.15, 0.2) is 41.8 Å². The number of alkyl halides is 3. The zero-order valence-corrected chi connectivity index (χ0v) is 16.5. The van der Waals surface area contributed by atoms with Crippen molar-refractivity contribution in [2.75, 3.05) is 25.0 Å². The number of thiophene rings is 1. The van der Waals surface area contributed by atoms with Crippen molar-refractivity contribution in [3.05, 3.63) is 52.2 Å². The van der Waals surface area contributed by atoms with Gasteiger partial charge in [0, 0.05) is 23.7 Å². The third kappa shape index (κ3) is 6.30. The van der Waals surface area contributed by atoms with Crippen LogP contribution in [0.3, 0.4) is 0 Å². The number of carbonyl (C=O) groups is 2. The van der Waals surface area contributed by atoms with Crippen molar-refractivity contribution in [2.24, 2.45) is 5.92 Å². The number of carbonyl (C=O) groups excluding carboxylic acids is 2. The van der Waals surface area contributed by atoms with Crippen LogP contribution in [0.5, 0.6) is 0 Å².